The smallest absolute Gasteiger partial charge is 0.254 e. The first-order valence-corrected chi connectivity index (χ1v) is 4.13. The summed E-state index contributed by atoms with van der Waals surface area (Å²) < 4.78 is 5.12. The van der Waals surface area contributed by atoms with Crippen LogP contribution in [-0.4, -0.2) is 37.7 Å². The predicted octanol–water partition coefficient (Wildman–Crippen LogP) is -0.515. The Morgan fingerprint density at radius 2 is 2.23 bits per heavy atom. The largest absolute Gasteiger partial charge is 0.379 e. The van der Waals surface area contributed by atoms with Gasteiger partial charge in [0, 0.05) is 14.2 Å². The van der Waals surface area contributed by atoms with Crippen molar-refractivity contribution in [3.63, 3.8) is 0 Å². The van der Waals surface area contributed by atoms with Crippen LogP contribution in [0.2, 0.25) is 0 Å². The normalized spacial score (nSPS) is 32.9. The first-order chi connectivity index (χ1) is 6.04. The second-order valence-electron chi connectivity index (χ2n) is 3.23. The highest BCUT2D eigenvalue weighted by Gasteiger charge is 2.45. The van der Waals surface area contributed by atoms with Crippen molar-refractivity contribution in [3.05, 3.63) is 0 Å². The van der Waals surface area contributed by atoms with E-state index >= 15 is 0 Å². The van der Waals surface area contributed by atoms with E-state index in [1.807, 2.05) is 6.92 Å². The van der Waals surface area contributed by atoms with Gasteiger partial charge < -0.3 is 10.1 Å². The van der Waals surface area contributed by atoms with E-state index in [1.165, 1.54) is 0 Å². The molecule has 2 N–H and O–H groups in total. The summed E-state index contributed by atoms with van der Waals surface area (Å²) in [6.07, 6.45) is -0.202. The molecule has 0 aromatic rings. The third kappa shape index (κ3) is 1.51. The van der Waals surface area contributed by atoms with Crippen molar-refractivity contribution in [2.24, 2.45) is 4.99 Å². The minimum atomic E-state index is -0.719. The van der Waals surface area contributed by atoms with Gasteiger partial charge in [-0.15, -0.1) is 0 Å². The number of nitrogens with zero attached hydrogens (tertiary/aromatic N) is 1. The number of aliphatic imine (C=N–C) groups is 1. The number of hydrogen-bond acceptors (Lipinski definition) is 3. The van der Waals surface area contributed by atoms with Gasteiger partial charge in [-0.25, -0.2) is 0 Å². The van der Waals surface area contributed by atoms with Crippen molar-refractivity contribution in [1.29, 1.82) is 0 Å². The molecule has 2 unspecified atom stereocenters. The van der Waals surface area contributed by atoms with Crippen molar-refractivity contribution in [1.82, 2.24) is 10.6 Å². The van der Waals surface area contributed by atoms with Crippen LogP contribution in [0.1, 0.15) is 13.8 Å². The standard InChI is InChI=1S/C8H15N3O2/c1-5(13-4)8(2)6(12)10-7(9-3)11-8/h5H,1-4H3,(H2,9,10,11,12). The number of ether oxygens (including phenoxy) is 1. The van der Waals surface area contributed by atoms with E-state index in [-0.39, 0.29) is 12.0 Å². The SMILES string of the molecule is CN=C1NC(=O)C(C)(C(C)OC)N1. The Hall–Kier alpha value is -1.10. The third-order valence-corrected chi connectivity index (χ3v) is 2.47. The molecule has 0 aromatic heterocycles. The second kappa shape index (κ2) is 3.33. The van der Waals surface area contributed by atoms with Crippen LogP contribution in [0, 0.1) is 0 Å². The molecule has 0 aliphatic carbocycles. The molecule has 0 saturated carbocycles. The Morgan fingerprint density at radius 3 is 2.62 bits per heavy atom. The van der Waals surface area contributed by atoms with Crippen LogP contribution >= 0.6 is 0 Å². The van der Waals surface area contributed by atoms with Gasteiger partial charge in [0.05, 0.1) is 6.10 Å². The van der Waals surface area contributed by atoms with Crippen molar-refractivity contribution in [2.75, 3.05) is 14.2 Å². The summed E-state index contributed by atoms with van der Waals surface area (Å²) in [6.45, 7) is 3.62. The number of carbonyl (C=O) groups excluding carboxylic acids is 1. The molecule has 2 atom stereocenters. The molecule has 1 amide bonds. The Balaban J connectivity index is 2.86. The van der Waals surface area contributed by atoms with E-state index in [4.69, 9.17) is 4.74 Å². The number of guanidine groups is 1. The topological polar surface area (TPSA) is 62.7 Å². The summed E-state index contributed by atoms with van der Waals surface area (Å²) in [6, 6.07) is 0. The first-order valence-electron chi connectivity index (χ1n) is 4.13. The Bertz CT molecular complexity index is 252. The number of hydrogen-bond donors (Lipinski definition) is 2. The summed E-state index contributed by atoms with van der Waals surface area (Å²) in [7, 11) is 3.19. The zero-order valence-electron chi connectivity index (χ0n) is 8.34. The third-order valence-electron chi connectivity index (χ3n) is 2.47. The van der Waals surface area contributed by atoms with Crippen LogP contribution in [0.4, 0.5) is 0 Å². The molecule has 74 valence electrons. The zero-order chi connectivity index (χ0) is 10.1. The van der Waals surface area contributed by atoms with Gasteiger partial charge in [-0.2, -0.15) is 0 Å². The zero-order valence-corrected chi connectivity index (χ0v) is 8.34. The van der Waals surface area contributed by atoms with Crippen LogP contribution < -0.4 is 10.6 Å². The highest BCUT2D eigenvalue weighted by atomic mass is 16.5. The highest BCUT2D eigenvalue weighted by Crippen LogP contribution is 2.16. The summed E-state index contributed by atoms with van der Waals surface area (Å²) in [4.78, 5) is 15.4. The van der Waals surface area contributed by atoms with E-state index in [2.05, 4.69) is 15.6 Å². The molecule has 0 spiro atoms. The van der Waals surface area contributed by atoms with Gasteiger partial charge in [-0.3, -0.25) is 15.1 Å². The van der Waals surface area contributed by atoms with E-state index in [1.54, 1.807) is 21.1 Å². The lowest BCUT2D eigenvalue weighted by molar-refractivity contribution is -0.127. The maximum Gasteiger partial charge on any atom is 0.254 e. The molecule has 1 fully saturated rings. The minimum absolute atomic E-state index is 0.109. The van der Waals surface area contributed by atoms with Gasteiger partial charge in [0.1, 0.15) is 5.54 Å². The molecule has 1 rings (SSSR count). The molecule has 1 heterocycles. The Labute approximate surface area is 77.6 Å². The average Bonchev–Trinajstić information content (AvgIpc) is 2.42. The number of amides is 1. The molecule has 0 bridgehead atoms. The van der Waals surface area contributed by atoms with Gasteiger partial charge in [0.25, 0.3) is 5.91 Å². The lowest BCUT2D eigenvalue weighted by Crippen LogP contribution is -2.53. The second-order valence-corrected chi connectivity index (χ2v) is 3.23. The maximum absolute atomic E-state index is 11.5. The molecule has 1 aliphatic rings. The fraction of sp³-hybridized carbons (Fsp3) is 0.750. The molecule has 1 saturated heterocycles. The van der Waals surface area contributed by atoms with E-state index < -0.39 is 5.54 Å². The van der Waals surface area contributed by atoms with Crippen molar-refractivity contribution in [3.8, 4) is 0 Å². The maximum atomic E-state index is 11.5. The van der Waals surface area contributed by atoms with Crippen molar-refractivity contribution in [2.45, 2.75) is 25.5 Å². The van der Waals surface area contributed by atoms with Crippen molar-refractivity contribution >= 4 is 11.9 Å². The molecule has 5 heteroatoms. The predicted molar refractivity (Wildman–Crippen MR) is 49.5 cm³/mol. The minimum Gasteiger partial charge on any atom is -0.379 e. The number of methoxy groups -OCH3 is 1. The molecule has 0 aromatic carbocycles. The fourth-order valence-electron chi connectivity index (χ4n) is 1.21. The van der Waals surface area contributed by atoms with Gasteiger partial charge in [-0.05, 0) is 13.8 Å². The quantitative estimate of drug-likeness (QED) is 0.609. The lowest BCUT2D eigenvalue weighted by atomic mass is 9.96. The van der Waals surface area contributed by atoms with Crippen LogP contribution in [0.3, 0.4) is 0 Å². The monoisotopic (exact) mass is 185 g/mol. The summed E-state index contributed by atoms with van der Waals surface area (Å²) in [5.41, 5.74) is -0.719. The van der Waals surface area contributed by atoms with Crippen molar-refractivity contribution < 1.29 is 9.53 Å². The number of nitrogens with one attached hydrogen (secondary N) is 2. The average molecular weight is 185 g/mol. The molecule has 1 aliphatic heterocycles. The van der Waals surface area contributed by atoms with Gasteiger partial charge in [-0.1, -0.05) is 0 Å². The first kappa shape index (κ1) is 9.98. The van der Waals surface area contributed by atoms with Crippen LogP contribution in [0.5, 0.6) is 0 Å². The number of rotatable bonds is 2. The Morgan fingerprint density at radius 1 is 1.62 bits per heavy atom. The molecule has 0 radical (unpaired) electrons. The molecular weight excluding hydrogens is 170 g/mol. The van der Waals surface area contributed by atoms with Gasteiger partial charge in [0.2, 0.25) is 0 Å². The summed E-state index contributed by atoms with van der Waals surface area (Å²) in [5.74, 6) is 0.388. The lowest BCUT2D eigenvalue weighted by Gasteiger charge is -2.27. The molecule has 5 nitrogen and oxygen atoms in total. The van der Waals surface area contributed by atoms with Gasteiger partial charge in [0.15, 0.2) is 5.96 Å². The van der Waals surface area contributed by atoms with E-state index in [9.17, 15) is 4.79 Å². The van der Waals surface area contributed by atoms with E-state index in [0.717, 1.165) is 0 Å². The fourth-order valence-corrected chi connectivity index (χ4v) is 1.21. The van der Waals surface area contributed by atoms with Crippen LogP contribution in [0.25, 0.3) is 0 Å². The summed E-state index contributed by atoms with van der Waals surface area (Å²) in [5, 5.41) is 5.61. The van der Waals surface area contributed by atoms with E-state index in [0.29, 0.717) is 5.96 Å². The van der Waals surface area contributed by atoms with Crippen LogP contribution in [0.15, 0.2) is 4.99 Å². The Kier molecular flexibility index (Phi) is 2.56. The number of carbonyl (C=O) groups is 1. The van der Waals surface area contributed by atoms with Crippen LogP contribution in [-0.2, 0) is 9.53 Å². The highest BCUT2D eigenvalue weighted by molar-refractivity contribution is 6.09. The summed E-state index contributed by atoms with van der Waals surface area (Å²) >= 11 is 0. The molecule has 13 heavy (non-hydrogen) atoms. The van der Waals surface area contributed by atoms with Gasteiger partial charge >= 0.3 is 0 Å². The molecular formula is C8H15N3O2.